The molecular formula is C11H20ClNO2. The van der Waals surface area contributed by atoms with Crippen LogP contribution in [0.15, 0.2) is 0 Å². The summed E-state index contributed by atoms with van der Waals surface area (Å²) in [5, 5.41) is 0. The van der Waals surface area contributed by atoms with Crippen LogP contribution in [0.1, 0.15) is 33.6 Å². The van der Waals surface area contributed by atoms with E-state index in [-0.39, 0.29) is 6.09 Å². The summed E-state index contributed by atoms with van der Waals surface area (Å²) < 4.78 is 5.30. The lowest BCUT2D eigenvalue weighted by molar-refractivity contribution is 0.0288. The second kappa shape index (κ2) is 5.06. The first-order chi connectivity index (χ1) is 6.92. The number of carbonyl (C=O) groups excluding carboxylic acids is 1. The number of amides is 1. The normalized spacial score (nSPS) is 21.9. The van der Waals surface area contributed by atoms with Crippen LogP contribution in [0.3, 0.4) is 0 Å². The van der Waals surface area contributed by atoms with Crippen molar-refractivity contribution in [3.8, 4) is 0 Å². The fraction of sp³-hybridized carbons (Fsp3) is 0.909. The third-order valence-corrected chi connectivity index (χ3v) is 2.67. The quantitative estimate of drug-likeness (QED) is 0.687. The predicted octanol–water partition coefficient (Wildman–Crippen LogP) is 2.87. The van der Waals surface area contributed by atoms with Crippen molar-refractivity contribution in [2.24, 2.45) is 5.92 Å². The van der Waals surface area contributed by atoms with Crippen molar-refractivity contribution >= 4 is 17.7 Å². The van der Waals surface area contributed by atoms with Crippen molar-refractivity contribution in [3.63, 3.8) is 0 Å². The number of hydrogen-bond acceptors (Lipinski definition) is 2. The highest BCUT2D eigenvalue weighted by molar-refractivity contribution is 6.17. The van der Waals surface area contributed by atoms with Gasteiger partial charge in [0, 0.05) is 19.0 Å². The Morgan fingerprint density at radius 1 is 1.53 bits per heavy atom. The Kier molecular flexibility index (Phi) is 4.26. The van der Waals surface area contributed by atoms with Gasteiger partial charge >= 0.3 is 6.09 Å². The number of rotatable bonds is 2. The molecule has 1 atom stereocenters. The Morgan fingerprint density at radius 3 is 2.73 bits per heavy atom. The number of likely N-dealkylation sites (tertiary alicyclic amines) is 1. The van der Waals surface area contributed by atoms with Crippen LogP contribution in [-0.2, 0) is 4.74 Å². The number of ether oxygens (including phenoxy) is 1. The van der Waals surface area contributed by atoms with Gasteiger partial charge < -0.3 is 9.64 Å². The molecule has 1 saturated heterocycles. The first-order valence-electron chi connectivity index (χ1n) is 5.46. The maximum absolute atomic E-state index is 11.7. The number of halogens is 1. The van der Waals surface area contributed by atoms with Crippen LogP contribution in [0.2, 0.25) is 0 Å². The molecule has 0 saturated carbocycles. The third kappa shape index (κ3) is 4.29. The summed E-state index contributed by atoms with van der Waals surface area (Å²) in [4.78, 5) is 13.5. The molecule has 4 heteroatoms. The van der Waals surface area contributed by atoms with Gasteiger partial charge in [0.25, 0.3) is 0 Å². The van der Waals surface area contributed by atoms with Gasteiger partial charge in [-0.1, -0.05) is 0 Å². The minimum atomic E-state index is -0.401. The molecule has 0 aliphatic carbocycles. The summed E-state index contributed by atoms with van der Waals surface area (Å²) in [5.41, 5.74) is -0.401. The van der Waals surface area contributed by atoms with Crippen molar-refractivity contribution in [2.75, 3.05) is 19.0 Å². The maximum Gasteiger partial charge on any atom is 0.410 e. The fourth-order valence-electron chi connectivity index (χ4n) is 1.71. The number of hydrogen-bond donors (Lipinski definition) is 0. The molecule has 0 radical (unpaired) electrons. The van der Waals surface area contributed by atoms with E-state index in [0.29, 0.717) is 11.8 Å². The molecule has 1 fully saturated rings. The Labute approximate surface area is 96.7 Å². The van der Waals surface area contributed by atoms with Crippen LogP contribution in [0.4, 0.5) is 4.79 Å². The van der Waals surface area contributed by atoms with Crippen LogP contribution in [0.5, 0.6) is 0 Å². The molecule has 1 heterocycles. The highest BCUT2D eigenvalue weighted by Crippen LogP contribution is 2.22. The molecule has 0 N–H and O–H groups in total. The summed E-state index contributed by atoms with van der Waals surface area (Å²) in [6.07, 6.45) is 1.84. The van der Waals surface area contributed by atoms with E-state index in [1.54, 1.807) is 4.90 Å². The fourth-order valence-corrected chi connectivity index (χ4v) is 2.02. The molecule has 0 spiro atoms. The van der Waals surface area contributed by atoms with Crippen LogP contribution in [-0.4, -0.2) is 35.6 Å². The topological polar surface area (TPSA) is 29.5 Å². The maximum atomic E-state index is 11.7. The molecule has 0 aromatic rings. The van der Waals surface area contributed by atoms with E-state index >= 15 is 0 Å². The second-order valence-electron chi connectivity index (χ2n) is 5.06. The SMILES string of the molecule is CC(C)(C)OC(=O)N1CC[C@@H](CCCl)C1. The van der Waals surface area contributed by atoms with Gasteiger partial charge in [-0.3, -0.25) is 0 Å². The number of carbonyl (C=O) groups is 1. The summed E-state index contributed by atoms with van der Waals surface area (Å²) in [7, 11) is 0. The molecule has 1 amide bonds. The Hall–Kier alpha value is -0.440. The monoisotopic (exact) mass is 233 g/mol. The van der Waals surface area contributed by atoms with Gasteiger partial charge in [0.2, 0.25) is 0 Å². The molecule has 0 unspecified atom stereocenters. The smallest absolute Gasteiger partial charge is 0.410 e. The minimum absolute atomic E-state index is 0.195. The molecule has 0 aromatic carbocycles. The van der Waals surface area contributed by atoms with Gasteiger partial charge in [-0.25, -0.2) is 4.79 Å². The Morgan fingerprint density at radius 2 is 2.20 bits per heavy atom. The Bertz CT molecular complexity index is 225. The van der Waals surface area contributed by atoms with Crippen molar-refractivity contribution in [3.05, 3.63) is 0 Å². The average Bonchev–Trinajstić information content (AvgIpc) is 2.50. The number of alkyl halides is 1. The molecule has 0 aromatic heterocycles. The van der Waals surface area contributed by atoms with Crippen molar-refractivity contribution < 1.29 is 9.53 Å². The zero-order chi connectivity index (χ0) is 11.5. The van der Waals surface area contributed by atoms with E-state index in [9.17, 15) is 4.79 Å². The lowest BCUT2D eigenvalue weighted by Crippen LogP contribution is -2.35. The van der Waals surface area contributed by atoms with Crippen LogP contribution in [0, 0.1) is 5.92 Å². The zero-order valence-electron chi connectivity index (χ0n) is 9.75. The van der Waals surface area contributed by atoms with E-state index < -0.39 is 5.60 Å². The van der Waals surface area contributed by atoms with Gasteiger partial charge in [0.1, 0.15) is 5.60 Å². The molecule has 15 heavy (non-hydrogen) atoms. The Balaban J connectivity index is 2.37. The molecular weight excluding hydrogens is 214 g/mol. The summed E-state index contributed by atoms with van der Waals surface area (Å²) in [5.74, 6) is 1.22. The van der Waals surface area contributed by atoms with Gasteiger partial charge in [-0.05, 0) is 39.5 Å². The molecule has 0 bridgehead atoms. The van der Waals surface area contributed by atoms with E-state index in [2.05, 4.69) is 0 Å². The highest BCUT2D eigenvalue weighted by atomic mass is 35.5. The lowest BCUT2D eigenvalue weighted by Gasteiger charge is -2.24. The minimum Gasteiger partial charge on any atom is -0.444 e. The highest BCUT2D eigenvalue weighted by Gasteiger charge is 2.29. The number of nitrogens with zero attached hydrogens (tertiary/aromatic N) is 1. The predicted molar refractivity (Wildman–Crippen MR) is 61.3 cm³/mol. The van der Waals surface area contributed by atoms with E-state index in [0.717, 1.165) is 25.9 Å². The average molecular weight is 234 g/mol. The molecule has 88 valence electrons. The van der Waals surface area contributed by atoms with E-state index in [1.807, 2.05) is 20.8 Å². The molecule has 1 aliphatic rings. The van der Waals surface area contributed by atoms with Gasteiger partial charge in [0.15, 0.2) is 0 Å². The molecule has 3 nitrogen and oxygen atoms in total. The molecule has 1 aliphatic heterocycles. The van der Waals surface area contributed by atoms with Gasteiger partial charge in [-0.2, -0.15) is 0 Å². The van der Waals surface area contributed by atoms with Crippen LogP contribution < -0.4 is 0 Å². The second-order valence-corrected chi connectivity index (χ2v) is 5.44. The largest absolute Gasteiger partial charge is 0.444 e. The molecule has 1 rings (SSSR count). The van der Waals surface area contributed by atoms with Gasteiger partial charge in [-0.15, -0.1) is 11.6 Å². The van der Waals surface area contributed by atoms with Crippen LogP contribution in [0.25, 0.3) is 0 Å². The van der Waals surface area contributed by atoms with Gasteiger partial charge in [0.05, 0.1) is 0 Å². The van der Waals surface area contributed by atoms with Crippen molar-refractivity contribution in [2.45, 2.75) is 39.2 Å². The van der Waals surface area contributed by atoms with E-state index in [4.69, 9.17) is 16.3 Å². The van der Waals surface area contributed by atoms with Crippen molar-refractivity contribution in [1.82, 2.24) is 4.90 Å². The van der Waals surface area contributed by atoms with Crippen molar-refractivity contribution in [1.29, 1.82) is 0 Å². The summed E-state index contributed by atoms with van der Waals surface area (Å²) in [6.45, 7) is 7.25. The summed E-state index contributed by atoms with van der Waals surface area (Å²) in [6, 6.07) is 0. The van der Waals surface area contributed by atoms with Crippen LogP contribution >= 0.6 is 11.6 Å². The summed E-state index contributed by atoms with van der Waals surface area (Å²) >= 11 is 5.68. The standard InChI is InChI=1S/C11H20ClNO2/c1-11(2,3)15-10(14)13-7-5-9(8-13)4-6-12/h9H,4-8H2,1-3H3/t9-/m1/s1. The first kappa shape index (κ1) is 12.6. The van der Waals surface area contributed by atoms with E-state index in [1.165, 1.54) is 0 Å². The first-order valence-corrected chi connectivity index (χ1v) is 5.99. The lowest BCUT2D eigenvalue weighted by atomic mass is 10.1. The third-order valence-electron chi connectivity index (χ3n) is 2.45. The zero-order valence-corrected chi connectivity index (χ0v) is 10.5.